The molecule has 3 rings (SSSR count). The Labute approximate surface area is 331 Å². The fourth-order valence-electron chi connectivity index (χ4n) is 5.81. The molecule has 1 aromatic carbocycles. The molecular formula is C41H66ClNO8S2. The number of halogens is 1. The molecule has 0 unspecified atom stereocenters. The fraction of sp³-hybridized carbons (Fsp3) is 0.683. The molecular weight excluding hydrogens is 734 g/mol. The molecule has 0 fully saturated rings. The maximum atomic E-state index is 8.49. The summed E-state index contributed by atoms with van der Waals surface area (Å²) in [5.41, 5.74) is 2.31. The summed E-state index contributed by atoms with van der Waals surface area (Å²) in [6.45, 7) is 7.51. The van der Waals surface area contributed by atoms with Gasteiger partial charge in [-0.2, -0.15) is 23.5 Å². The van der Waals surface area contributed by atoms with Crippen LogP contribution in [0.3, 0.4) is 0 Å². The first-order valence-corrected chi connectivity index (χ1v) is 23.4. The first-order chi connectivity index (χ1) is 25.8. The van der Waals surface area contributed by atoms with Gasteiger partial charge < -0.3 is 18.9 Å². The molecule has 0 saturated heterocycles. The first-order valence-electron chi connectivity index (χ1n) is 19.8. The molecule has 1 aliphatic heterocycles. The van der Waals surface area contributed by atoms with Gasteiger partial charge in [-0.1, -0.05) is 115 Å². The Balaban J connectivity index is 0.00000181. The maximum Gasteiger partial charge on any atom is 0.169 e. The number of pyridine rings is 1. The van der Waals surface area contributed by atoms with Crippen molar-refractivity contribution >= 4 is 35.7 Å². The highest BCUT2D eigenvalue weighted by atomic mass is 35.7. The number of aromatic nitrogens is 1. The number of ether oxygens (including phenoxy) is 4. The van der Waals surface area contributed by atoms with Crippen molar-refractivity contribution in [2.75, 3.05) is 62.7 Å². The van der Waals surface area contributed by atoms with Crippen LogP contribution in [0.2, 0.25) is 0 Å². The van der Waals surface area contributed by atoms with Gasteiger partial charge in [0.2, 0.25) is 0 Å². The maximum absolute atomic E-state index is 8.49. The second kappa shape index (κ2) is 32.7. The number of hydrogen-bond acceptors (Lipinski definition) is 10. The lowest BCUT2D eigenvalue weighted by Gasteiger charge is -2.17. The van der Waals surface area contributed by atoms with Crippen molar-refractivity contribution in [3.8, 4) is 11.5 Å². The SMILES string of the molecule is CCCCCCCCCCCCCCCCCC[n+]1ccc(/C=C/c2ccc3c(c2)OCCSCCOCCOCCSCCO3)cc1.[O-][Cl+3]([O-])([O-])[O-]. The van der Waals surface area contributed by atoms with E-state index in [-0.39, 0.29) is 0 Å². The Bertz CT molecular complexity index is 1160. The van der Waals surface area contributed by atoms with Gasteiger partial charge in [-0.3, -0.25) is 0 Å². The summed E-state index contributed by atoms with van der Waals surface area (Å²) in [6, 6.07) is 10.7. The average molecular weight is 801 g/mol. The average Bonchev–Trinajstić information content (AvgIpc) is 3.13. The third-order valence-corrected chi connectivity index (χ3v) is 10.5. The molecule has 0 bridgehead atoms. The van der Waals surface area contributed by atoms with E-state index in [1.807, 2.05) is 29.6 Å². The van der Waals surface area contributed by atoms with Crippen molar-refractivity contribution in [1.82, 2.24) is 0 Å². The number of aryl methyl sites for hydroxylation is 1. The normalized spacial score (nSPS) is 15.3. The van der Waals surface area contributed by atoms with E-state index in [0.29, 0.717) is 26.4 Å². The second-order valence-corrected chi connectivity index (χ2v) is 16.4. The van der Waals surface area contributed by atoms with Crippen LogP contribution >= 0.6 is 23.5 Å². The van der Waals surface area contributed by atoms with E-state index in [0.717, 1.165) is 59.8 Å². The highest BCUT2D eigenvalue weighted by molar-refractivity contribution is 7.99. The molecule has 9 nitrogen and oxygen atoms in total. The number of fused-ring (bicyclic) bond motifs is 1. The van der Waals surface area contributed by atoms with Gasteiger partial charge in [0, 0.05) is 41.6 Å². The Morgan fingerprint density at radius 2 is 0.981 bits per heavy atom. The number of hydrogen-bond donors (Lipinski definition) is 0. The quantitative estimate of drug-likeness (QED) is 0.125. The van der Waals surface area contributed by atoms with Crippen LogP contribution < -0.4 is 32.7 Å². The van der Waals surface area contributed by atoms with Crippen LogP contribution in [0.4, 0.5) is 0 Å². The van der Waals surface area contributed by atoms with E-state index >= 15 is 0 Å². The minimum Gasteiger partial charge on any atom is -0.489 e. The van der Waals surface area contributed by atoms with Gasteiger partial charge in [0.15, 0.2) is 23.9 Å². The molecule has 0 radical (unpaired) electrons. The number of nitrogens with zero attached hydrogens (tertiary/aromatic N) is 1. The number of unbranched alkanes of at least 4 members (excludes halogenated alkanes) is 15. The Morgan fingerprint density at radius 1 is 0.547 bits per heavy atom. The summed E-state index contributed by atoms with van der Waals surface area (Å²) < 4.78 is 59.9. The monoisotopic (exact) mass is 799 g/mol. The summed E-state index contributed by atoms with van der Waals surface area (Å²) in [4.78, 5) is 0. The summed E-state index contributed by atoms with van der Waals surface area (Å²) in [6.07, 6.45) is 31.3. The highest BCUT2D eigenvalue weighted by Gasteiger charge is 2.08. The molecule has 1 aliphatic rings. The Morgan fingerprint density at radius 3 is 1.49 bits per heavy atom. The zero-order valence-electron chi connectivity index (χ0n) is 32.2. The molecule has 0 amide bonds. The Kier molecular flexibility index (Phi) is 29.4. The summed E-state index contributed by atoms with van der Waals surface area (Å²) in [5.74, 6) is 5.39. The van der Waals surface area contributed by atoms with Crippen LogP contribution in [0, 0.1) is 10.2 Å². The summed E-state index contributed by atoms with van der Waals surface area (Å²) in [5, 5.41) is 0. The third-order valence-electron chi connectivity index (χ3n) is 8.71. The van der Waals surface area contributed by atoms with Gasteiger partial charge in [0.1, 0.15) is 6.54 Å². The molecule has 53 heavy (non-hydrogen) atoms. The number of rotatable bonds is 19. The molecule has 302 valence electrons. The van der Waals surface area contributed by atoms with Gasteiger partial charge in [0.25, 0.3) is 0 Å². The van der Waals surface area contributed by atoms with Gasteiger partial charge in [-0.15, -0.1) is 10.2 Å². The molecule has 2 aromatic rings. The van der Waals surface area contributed by atoms with Crippen LogP contribution in [0.1, 0.15) is 121 Å². The largest absolute Gasteiger partial charge is 0.489 e. The molecule has 0 spiro atoms. The van der Waals surface area contributed by atoms with Crippen molar-refractivity contribution in [3.63, 3.8) is 0 Å². The van der Waals surface area contributed by atoms with Crippen LogP contribution in [0.25, 0.3) is 12.2 Å². The molecule has 12 heteroatoms. The molecule has 0 aliphatic carbocycles. The summed E-state index contributed by atoms with van der Waals surface area (Å²) in [7, 11) is -4.94. The van der Waals surface area contributed by atoms with Gasteiger partial charge in [-0.05, 0) is 29.7 Å². The van der Waals surface area contributed by atoms with Gasteiger partial charge in [0.05, 0.1) is 39.6 Å². The van der Waals surface area contributed by atoms with Crippen LogP contribution in [0.5, 0.6) is 11.5 Å². The van der Waals surface area contributed by atoms with E-state index in [4.69, 9.17) is 37.6 Å². The molecule has 0 saturated carbocycles. The van der Waals surface area contributed by atoms with Crippen molar-refractivity contribution < 1.29 is 52.4 Å². The zero-order chi connectivity index (χ0) is 38.1. The number of thioether (sulfide) groups is 2. The lowest BCUT2D eigenvalue weighted by atomic mass is 10.0. The predicted molar refractivity (Wildman–Crippen MR) is 209 cm³/mol. The van der Waals surface area contributed by atoms with Crippen LogP contribution in [0.15, 0.2) is 42.7 Å². The standard InChI is InChI=1S/C41H66NO4S2.ClHO4/c1-2-3-4-5-6-7-8-9-10-11-12-13-14-15-16-17-24-42-25-22-38(23-26-42)18-19-39-20-21-40-41(37-39)46-32-36-48-34-30-44-28-27-43-29-33-47-35-31-45-40;2-1(3,4)5/h18-23,25-26,37H,2-17,24,27-36H2,1H3;(H,2,3,4,5)/q+1;/p-1/b19-18+;. The fourth-order valence-corrected chi connectivity index (χ4v) is 7.09. The molecule has 2 heterocycles. The van der Waals surface area contributed by atoms with Crippen LogP contribution in [-0.2, 0) is 16.0 Å². The molecule has 1 aromatic heterocycles. The summed E-state index contributed by atoms with van der Waals surface area (Å²) >= 11 is 3.69. The number of benzene rings is 1. The minimum absolute atomic E-state index is 0.643. The predicted octanol–water partition coefficient (Wildman–Crippen LogP) is 5.92. The second-order valence-electron chi connectivity index (χ2n) is 13.2. The van der Waals surface area contributed by atoms with Crippen molar-refractivity contribution in [2.45, 2.75) is 116 Å². The van der Waals surface area contributed by atoms with Gasteiger partial charge >= 0.3 is 0 Å². The minimum atomic E-state index is -4.94. The molecule has 0 atom stereocenters. The third kappa shape index (κ3) is 29.4. The van der Waals surface area contributed by atoms with E-state index < -0.39 is 10.2 Å². The van der Waals surface area contributed by atoms with Crippen molar-refractivity contribution in [3.05, 3.63) is 53.9 Å². The van der Waals surface area contributed by atoms with Crippen molar-refractivity contribution in [1.29, 1.82) is 0 Å². The van der Waals surface area contributed by atoms with Gasteiger partial charge in [-0.25, -0.2) is 23.2 Å². The van der Waals surface area contributed by atoms with E-state index in [1.165, 1.54) is 108 Å². The van der Waals surface area contributed by atoms with E-state index in [2.05, 4.69) is 60.3 Å². The Hall–Kier alpha value is -1.54. The van der Waals surface area contributed by atoms with Crippen molar-refractivity contribution in [2.24, 2.45) is 0 Å². The topological polar surface area (TPSA) is 133 Å². The highest BCUT2D eigenvalue weighted by Crippen LogP contribution is 2.30. The first kappa shape index (κ1) is 47.6. The van der Waals surface area contributed by atoms with E-state index in [1.54, 1.807) is 0 Å². The smallest absolute Gasteiger partial charge is 0.169 e. The lowest BCUT2D eigenvalue weighted by molar-refractivity contribution is -2.00. The van der Waals surface area contributed by atoms with Crippen LogP contribution in [-0.4, -0.2) is 62.7 Å². The zero-order valence-corrected chi connectivity index (χ0v) is 34.6. The van der Waals surface area contributed by atoms with E-state index in [9.17, 15) is 0 Å². The molecule has 0 N–H and O–H groups in total. The lowest BCUT2D eigenvalue weighted by Crippen LogP contribution is -2.68.